The zero-order chi connectivity index (χ0) is 30.3. The molecule has 230 valence electrons. The van der Waals surface area contributed by atoms with Crippen LogP contribution < -0.4 is 20.9 Å². The van der Waals surface area contributed by atoms with E-state index >= 15 is 0 Å². The van der Waals surface area contributed by atoms with Gasteiger partial charge in [0.2, 0.25) is 0 Å². The van der Waals surface area contributed by atoms with Gasteiger partial charge in [0.1, 0.15) is 23.0 Å². The van der Waals surface area contributed by atoms with E-state index in [-0.39, 0.29) is 0 Å². The van der Waals surface area contributed by atoms with Gasteiger partial charge in [0.25, 0.3) is 0 Å². The van der Waals surface area contributed by atoms with Gasteiger partial charge >= 0.3 is 0 Å². The Morgan fingerprint density at radius 2 is 0.977 bits per heavy atom. The van der Waals surface area contributed by atoms with Crippen molar-refractivity contribution in [3.05, 3.63) is 107 Å². The van der Waals surface area contributed by atoms with Crippen LogP contribution in [0.4, 0.5) is 11.4 Å². The molecule has 0 aliphatic heterocycles. The third-order valence-electron chi connectivity index (χ3n) is 9.76. The summed E-state index contributed by atoms with van der Waals surface area (Å²) in [5.74, 6) is 5.02. The van der Waals surface area contributed by atoms with Gasteiger partial charge in [-0.2, -0.15) is 0 Å². The van der Waals surface area contributed by atoms with Gasteiger partial charge in [0.05, 0.1) is 0 Å². The molecule has 0 saturated heterocycles. The molecule has 4 N–H and O–H groups in total. The molecule has 4 nitrogen and oxygen atoms in total. The first-order chi connectivity index (χ1) is 21.6. The zero-order valence-electron chi connectivity index (χ0n) is 26.3. The fraction of sp³-hybridized carbons (Fsp3) is 0.400. The monoisotopic (exact) mass is 588 g/mol. The van der Waals surface area contributed by atoms with Crippen LogP contribution in [0.5, 0.6) is 23.0 Å². The maximum absolute atomic E-state index is 6.52. The van der Waals surface area contributed by atoms with Crippen molar-refractivity contribution in [2.75, 3.05) is 11.5 Å². The number of anilines is 2. The van der Waals surface area contributed by atoms with E-state index in [4.69, 9.17) is 20.9 Å². The Hall–Kier alpha value is -3.92. The molecule has 2 saturated carbocycles. The Morgan fingerprint density at radius 1 is 0.568 bits per heavy atom. The van der Waals surface area contributed by atoms with Gasteiger partial charge < -0.3 is 20.9 Å². The summed E-state index contributed by atoms with van der Waals surface area (Å²) in [5.41, 5.74) is 18.9. The first kappa shape index (κ1) is 30.1. The minimum atomic E-state index is 0.320. The second-order valence-electron chi connectivity index (χ2n) is 12.9. The van der Waals surface area contributed by atoms with E-state index in [1.54, 1.807) is 0 Å². The molecule has 0 spiro atoms. The molecule has 0 bridgehead atoms. The van der Waals surface area contributed by atoms with Gasteiger partial charge in [-0.1, -0.05) is 76.1 Å². The van der Waals surface area contributed by atoms with Crippen LogP contribution in [0, 0.1) is 0 Å². The maximum atomic E-state index is 6.52. The lowest BCUT2D eigenvalue weighted by Crippen LogP contribution is -2.10. The molecule has 2 fully saturated rings. The van der Waals surface area contributed by atoms with Crippen LogP contribution >= 0.6 is 0 Å². The van der Waals surface area contributed by atoms with Crippen LogP contribution in [0.1, 0.15) is 124 Å². The Balaban J connectivity index is 1.36. The predicted octanol–water partition coefficient (Wildman–Crippen LogP) is 11.5. The highest BCUT2D eigenvalue weighted by Crippen LogP contribution is 2.44. The molecule has 0 amide bonds. The van der Waals surface area contributed by atoms with E-state index in [0.717, 1.165) is 47.2 Å². The van der Waals surface area contributed by atoms with Crippen LogP contribution in [0.15, 0.2) is 84.9 Å². The molecule has 4 heteroatoms. The topological polar surface area (TPSA) is 70.5 Å². The van der Waals surface area contributed by atoms with E-state index in [1.807, 2.05) is 48.5 Å². The lowest BCUT2D eigenvalue weighted by Gasteiger charge is -2.28. The van der Waals surface area contributed by atoms with E-state index < -0.39 is 0 Å². The standard InChI is InChI=1S/C40H48N2O2/c1-2-9-36(30-14-24-39(43-34-20-16-32(41)17-21-34)37(26-30)28-10-5-3-6-11-28)31-15-25-40(44-35-22-18-33(42)19-23-35)38(27-31)29-12-7-4-8-13-29/h14-29,36H,2-13,41-42H2,1H3. The van der Waals surface area contributed by atoms with E-state index in [2.05, 4.69) is 43.3 Å². The summed E-state index contributed by atoms with van der Waals surface area (Å²) in [5, 5.41) is 0. The molecule has 0 aromatic heterocycles. The van der Waals surface area contributed by atoms with Crippen molar-refractivity contribution in [2.24, 2.45) is 0 Å². The summed E-state index contributed by atoms with van der Waals surface area (Å²) in [4.78, 5) is 0. The molecule has 4 aromatic carbocycles. The van der Waals surface area contributed by atoms with Gasteiger partial charge in [-0.25, -0.2) is 0 Å². The molecule has 2 aliphatic rings. The summed E-state index contributed by atoms with van der Waals surface area (Å²) < 4.78 is 13.0. The Labute approximate surface area is 263 Å². The van der Waals surface area contributed by atoms with Gasteiger partial charge in [0.15, 0.2) is 0 Å². The van der Waals surface area contributed by atoms with E-state index in [9.17, 15) is 0 Å². The van der Waals surface area contributed by atoms with Gasteiger partial charge in [-0.3, -0.25) is 0 Å². The number of hydrogen-bond acceptors (Lipinski definition) is 4. The fourth-order valence-corrected chi connectivity index (χ4v) is 7.36. The fourth-order valence-electron chi connectivity index (χ4n) is 7.36. The van der Waals surface area contributed by atoms with Crippen molar-refractivity contribution in [3.63, 3.8) is 0 Å². The average Bonchev–Trinajstić information content (AvgIpc) is 3.07. The van der Waals surface area contributed by atoms with Crippen molar-refractivity contribution in [2.45, 2.75) is 102 Å². The van der Waals surface area contributed by atoms with Gasteiger partial charge in [-0.15, -0.1) is 0 Å². The summed E-state index contributed by atoms with van der Waals surface area (Å²) >= 11 is 0. The zero-order valence-corrected chi connectivity index (χ0v) is 26.3. The first-order valence-corrected chi connectivity index (χ1v) is 16.9. The van der Waals surface area contributed by atoms with Crippen LogP contribution in [0.2, 0.25) is 0 Å². The minimum absolute atomic E-state index is 0.320. The molecule has 0 heterocycles. The van der Waals surface area contributed by atoms with Crippen molar-refractivity contribution in [1.82, 2.24) is 0 Å². The number of benzene rings is 4. The van der Waals surface area contributed by atoms with E-state index in [1.165, 1.54) is 86.5 Å². The molecule has 0 unspecified atom stereocenters. The Bertz CT molecular complexity index is 1390. The van der Waals surface area contributed by atoms with Crippen molar-refractivity contribution >= 4 is 11.4 Å². The normalized spacial score (nSPS) is 16.2. The minimum Gasteiger partial charge on any atom is -0.457 e. The highest BCUT2D eigenvalue weighted by molar-refractivity contribution is 5.50. The molecular weight excluding hydrogens is 540 g/mol. The summed E-state index contributed by atoms with van der Waals surface area (Å²) in [6.45, 7) is 2.30. The third kappa shape index (κ3) is 7.23. The van der Waals surface area contributed by atoms with Gasteiger partial charge in [-0.05, 0) is 127 Å². The number of hydrogen-bond donors (Lipinski definition) is 2. The first-order valence-electron chi connectivity index (χ1n) is 16.9. The van der Waals surface area contributed by atoms with E-state index in [0.29, 0.717) is 17.8 Å². The average molecular weight is 589 g/mol. The van der Waals surface area contributed by atoms with Crippen LogP contribution in [-0.2, 0) is 0 Å². The quantitative estimate of drug-likeness (QED) is 0.181. The molecule has 6 rings (SSSR count). The molecule has 0 atom stereocenters. The molecule has 44 heavy (non-hydrogen) atoms. The molecule has 0 radical (unpaired) electrons. The van der Waals surface area contributed by atoms with Crippen molar-refractivity contribution < 1.29 is 9.47 Å². The number of ether oxygens (including phenoxy) is 2. The Morgan fingerprint density at radius 3 is 1.36 bits per heavy atom. The van der Waals surface area contributed by atoms with Crippen LogP contribution in [0.25, 0.3) is 0 Å². The molecule has 4 aromatic rings. The molecular formula is C40H48N2O2. The second kappa shape index (κ2) is 14.2. The van der Waals surface area contributed by atoms with Crippen LogP contribution in [-0.4, -0.2) is 0 Å². The highest BCUT2D eigenvalue weighted by atomic mass is 16.5. The summed E-state index contributed by atoms with van der Waals surface area (Å²) in [7, 11) is 0. The second-order valence-corrected chi connectivity index (χ2v) is 12.9. The SMILES string of the molecule is CCCC(c1ccc(Oc2ccc(N)cc2)c(C2CCCCC2)c1)c1ccc(Oc2ccc(N)cc2)c(C2CCCCC2)c1. The Kier molecular flexibility index (Phi) is 9.75. The molecule has 2 aliphatic carbocycles. The summed E-state index contributed by atoms with van der Waals surface area (Å²) in [6.07, 6.45) is 14.9. The van der Waals surface area contributed by atoms with Crippen LogP contribution in [0.3, 0.4) is 0 Å². The lowest BCUT2D eigenvalue weighted by molar-refractivity contribution is 0.418. The number of rotatable bonds is 10. The van der Waals surface area contributed by atoms with Crippen molar-refractivity contribution in [1.29, 1.82) is 0 Å². The lowest BCUT2D eigenvalue weighted by atomic mass is 9.79. The van der Waals surface area contributed by atoms with Crippen molar-refractivity contribution in [3.8, 4) is 23.0 Å². The highest BCUT2D eigenvalue weighted by Gasteiger charge is 2.25. The predicted molar refractivity (Wildman–Crippen MR) is 183 cm³/mol. The third-order valence-corrected chi connectivity index (χ3v) is 9.76. The largest absolute Gasteiger partial charge is 0.457 e. The summed E-state index contributed by atoms with van der Waals surface area (Å²) in [6, 6.07) is 29.5. The smallest absolute Gasteiger partial charge is 0.130 e. The number of nitrogen functional groups attached to an aromatic ring is 2. The van der Waals surface area contributed by atoms with Gasteiger partial charge in [0, 0.05) is 17.3 Å². The maximum Gasteiger partial charge on any atom is 0.130 e. The number of nitrogens with two attached hydrogens (primary N) is 2.